The van der Waals surface area contributed by atoms with Crippen molar-refractivity contribution in [2.24, 2.45) is 0 Å². The van der Waals surface area contributed by atoms with E-state index in [4.69, 9.17) is 5.26 Å². The number of nitrogens with zero attached hydrogens (tertiary/aromatic N) is 2. The molecule has 5 nitrogen and oxygen atoms in total. The van der Waals surface area contributed by atoms with Gasteiger partial charge in [-0.15, -0.1) is 0 Å². The number of rotatable bonds is 4. The van der Waals surface area contributed by atoms with Crippen LogP contribution in [0.1, 0.15) is 18.1 Å². The van der Waals surface area contributed by atoms with Gasteiger partial charge in [0.05, 0.1) is 11.6 Å². The Labute approximate surface area is 135 Å². The fourth-order valence-corrected chi connectivity index (χ4v) is 2.19. The van der Waals surface area contributed by atoms with E-state index in [1.807, 2.05) is 31.2 Å². The molecule has 0 aliphatic rings. The van der Waals surface area contributed by atoms with Gasteiger partial charge in [-0.1, -0.05) is 18.2 Å². The monoisotopic (exact) mass is 307 g/mol. The Morgan fingerprint density at radius 1 is 1.17 bits per heavy atom. The fraction of sp³-hybridized carbons (Fsp3) is 0.167. The van der Waals surface area contributed by atoms with E-state index in [1.165, 1.54) is 11.8 Å². The zero-order valence-corrected chi connectivity index (χ0v) is 13.0. The number of anilines is 2. The summed E-state index contributed by atoms with van der Waals surface area (Å²) in [6.45, 7) is 3.21. The lowest BCUT2D eigenvalue weighted by molar-refractivity contribution is -0.120. The zero-order valence-electron chi connectivity index (χ0n) is 13.0. The molecule has 0 aliphatic carbocycles. The molecule has 0 spiro atoms. The van der Waals surface area contributed by atoms with E-state index in [0.29, 0.717) is 16.9 Å². The van der Waals surface area contributed by atoms with Crippen LogP contribution in [0.5, 0.6) is 0 Å². The van der Waals surface area contributed by atoms with E-state index in [2.05, 4.69) is 5.32 Å². The van der Waals surface area contributed by atoms with Crippen molar-refractivity contribution < 1.29 is 9.59 Å². The average molecular weight is 307 g/mol. The molecular weight excluding hydrogens is 290 g/mol. The van der Waals surface area contributed by atoms with Crippen LogP contribution in [-0.2, 0) is 9.59 Å². The Balaban J connectivity index is 2.14. The van der Waals surface area contributed by atoms with Crippen molar-refractivity contribution in [1.82, 2.24) is 0 Å². The van der Waals surface area contributed by atoms with Gasteiger partial charge in [0.25, 0.3) is 0 Å². The van der Waals surface area contributed by atoms with Crippen molar-refractivity contribution in [3.63, 3.8) is 0 Å². The van der Waals surface area contributed by atoms with Gasteiger partial charge >= 0.3 is 0 Å². The predicted molar refractivity (Wildman–Crippen MR) is 89.0 cm³/mol. The maximum Gasteiger partial charge on any atom is 0.244 e. The Morgan fingerprint density at radius 3 is 2.57 bits per heavy atom. The van der Waals surface area contributed by atoms with Crippen molar-refractivity contribution in [1.29, 1.82) is 5.26 Å². The third-order valence-electron chi connectivity index (χ3n) is 3.27. The first-order valence-corrected chi connectivity index (χ1v) is 7.14. The van der Waals surface area contributed by atoms with Crippen LogP contribution in [0.4, 0.5) is 11.4 Å². The molecule has 2 amide bonds. The summed E-state index contributed by atoms with van der Waals surface area (Å²) in [7, 11) is 0. The molecule has 0 bridgehead atoms. The lowest BCUT2D eigenvalue weighted by Crippen LogP contribution is -2.36. The number of amides is 2. The molecule has 0 radical (unpaired) electrons. The van der Waals surface area contributed by atoms with E-state index < -0.39 is 0 Å². The Morgan fingerprint density at radius 2 is 1.91 bits per heavy atom. The summed E-state index contributed by atoms with van der Waals surface area (Å²) in [5, 5.41) is 11.7. The van der Waals surface area contributed by atoms with Crippen molar-refractivity contribution in [2.45, 2.75) is 13.8 Å². The van der Waals surface area contributed by atoms with Gasteiger partial charge in [-0.05, 0) is 42.8 Å². The van der Waals surface area contributed by atoms with Crippen molar-refractivity contribution in [3.05, 3.63) is 59.7 Å². The molecule has 0 heterocycles. The molecular formula is C18H17N3O2. The predicted octanol–water partition coefficient (Wildman–Crippen LogP) is 2.86. The molecule has 5 heteroatoms. The maximum absolute atomic E-state index is 12.2. The molecule has 2 rings (SSSR count). The van der Waals surface area contributed by atoms with Crippen LogP contribution in [0.15, 0.2) is 48.5 Å². The molecule has 116 valence electrons. The molecule has 0 aliphatic heterocycles. The number of hydrogen-bond acceptors (Lipinski definition) is 3. The van der Waals surface area contributed by atoms with Gasteiger partial charge < -0.3 is 10.2 Å². The second kappa shape index (κ2) is 7.23. The van der Waals surface area contributed by atoms with Crippen molar-refractivity contribution in [2.75, 3.05) is 16.8 Å². The van der Waals surface area contributed by atoms with Gasteiger partial charge in [0, 0.05) is 18.3 Å². The highest BCUT2D eigenvalue weighted by Crippen LogP contribution is 2.17. The van der Waals surface area contributed by atoms with Gasteiger partial charge in [-0.2, -0.15) is 5.26 Å². The number of benzene rings is 2. The number of nitriles is 1. The first kappa shape index (κ1) is 16.2. The highest BCUT2D eigenvalue weighted by atomic mass is 16.2. The van der Waals surface area contributed by atoms with E-state index in [-0.39, 0.29) is 18.4 Å². The quantitative estimate of drug-likeness (QED) is 0.944. The van der Waals surface area contributed by atoms with Crippen LogP contribution in [-0.4, -0.2) is 18.4 Å². The summed E-state index contributed by atoms with van der Waals surface area (Å²) in [5.41, 5.74) is 2.68. The fourth-order valence-electron chi connectivity index (χ4n) is 2.19. The standard InChI is InChI=1S/C18H17N3O2/c1-13-5-3-7-16(9-13)20-18(23)12-21(14(2)22)17-8-4-6-15(10-17)11-19/h3-10H,12H2,1-2H3,(H,20,23). The third-order valence-corrected chi connectivity index (χ3v) is 3.27. The first-order chi connectivity index (χ1) is 11.0. The summed E-state index contributed by atoms with van der Waals surface area (Å²) in [5.74, 6) is -0.562. The number of aryl methyl sites for hydroxylation is 1. The van der Waals surface area contributed by atoms with Crippen LogP contribution in [0, 0.1) is 18.3 Å². The highest BCUT2D eigenvalue weighted by molar-refractivity contribution is 6.01. The SMILES string of the molecule is CC(=O)N(CC(=O)Nc1cccc(C)c1)c1cccc(C#N)c1. The minimum atomic E-state index is -0.298. The van der Waals surface area contributed by atoms with Crippen LogP contribution in [0.2, 0.25) is 0 Å². The molecule has 23 heavy (non-hydrogen) atoms. The summed E-state index contributed by atoms with van der Waals surface area (Å²) < 4.78 is 0. The van der Waals surface area contributed by atoms with Gasteiger partial charge in [0.15, 0.2) is 0 Å². The molecule has 0 aromatic heterocycles. The van der Waals surface area contributed by atoms with Crippen LogP contribution in [0.3, 0.4) is 0 Å². The van der Waals surface area contributed by atoms with E-state index >= 15 is 0 Å². The van der Waals surface area contributed by atoms with Crippen LogP contribution < -0.4 is 10.2 Å². The topological polar surface area (TPSA) is 73.2 Å². The van der Waals surface area contributed by atoms with Crippen molar-refractivity contribution >= 4 is 23.2 Å². The molecule has 2 aromatic carbocycles. The molecule has 0 atom stereocenters. The lowest BCUT2D eigenvalue weighted by Gasteiger charge is -2.21. The summed E-state index contributed by atoms with van der Waals surface area (Å²) >= 11 is 0. The molecule has 0 saturated carbocycles. The summed E-state index contributed by atoms with van der Waals surface area (Å²) in [6, 6.07) is 16.1. The number of carbonyl (C=O) groups is 2. The van der Waals surface area contributed by atoms with E-state index in [0.717, 1.165) is 5.56 Å². The molecule has 0 unspecified atom stereocenters. The Bertz CT molecular complexity index is 778. The Kier molecular flexibility index (Phi) is 5.11. The second-order valence-electron chi connectivity index (χ2n) is 5.18. The van der Waals surface area contributed by atoms with Gasteiger partial charge in [0.1, 0.15) is 6.54 Å². The normalized spacial score (nSPS) is 9.78. The van der Waals surface area contributed by atoms with Gasteiger partial charge in [-0.25, -0.2) is 0 Å². The molecule has 0 fully saturated rings. The minimum absolute atomic E-state index is 0.113. The highest BCUT2D eigenvalue weighted by Gasteiger charge is 2.16. The third kappa shape index (κ3) is 4.42. The first-order valence-electron chi connectivity index (χ1n) is 7.14. The van der Waals surface area contributed by atoms with Crippen LogP contribution in [0.25, 0.3) is 0 Å². The number of hydrogen-bond donors (Lipinski definition) is 1. The number of carbonyl (C=O) groups excluding carboxylic acids is 2. The molecule has 2 aromatic rings. The second-order valence-corrected chi connectivity index (χ2v) is 5.18. The molecule has 1 N–H and O–H groups in total. The van der Waals surface area contributed by atoms with Gasteiger partial charge in [-0.3, -0.25) is 9.59 Å². The number of nitrogens with one attached hydrogen (secondary N) is 1. The van der Waals surface area contributed by atoms with Crippen molar-refractivity contribution in [3.8, 4) is 6.07 Å². The minimum Gasteiger partial charge on any atom is -0.325 e. The summed E-state index contributed by atoms with van der Waals surface area (Å²) in [6.07, 6.45) is 0. The maximum atomic E-state index is 12.2. The lowest BCUT2D eigenvalue weighted by atomic mass is 10.2. The Hall–Kier alpha value is -3.13. The smallest absolute Gasteiger partial charge is 0.244 e. The van der Waals surface area contributed by atoms with Gasteiger partial charge in [0.2, 0.25) is 11.8 Å². The largest absolute Gasteiger partial charge is 0.325 e. The zero-order chi connectivity index (χ0) is 16.8. The molecule has 0 saturated heterocycles. The van der Waals surface area contributed by atoms with E-state index in [9.17, 15) is 9.59 Å². The summed E-state index contributed by atoms with van der Waals surface area (Å²) in [4.78, 5) is 25.4. The average Bonchev–Trinajstić information content (AvgIpc) is 2.52. The van der Waals surface area contributed by atoms with E-state index in [1.54, 1.807) is 30.3 Å². The van der Waals surface area contributed by atoms with Crippen LogP contribution >= 0.6 is 0 Å².